The number of fused-ring (bicyclic) bond motifs is 1. The van der Waals surface area contributed by atoms with Gasteiger partial charge >= 0.3 is 0 Å². The van der Waals surface area contributed by atoms with E-state index in [0.717, 1.165) is 56.2 Å². The van der Waals surface area contributed by atoms with Crippen molar-refractivity contribution in [3.8, 4) is 33.7 Å². The van der Waals surface area contributed by atoms with E-state index in [1.54, 1.807) is 0 Å². The highest BCUT2D eigenvalue weighted by molar-refractivity contribution is 6.16. The molecule has 0 aliphatic carbocycles. The van der Waals surface area contributed by atoms with Gasteiger partial charge in [-0.1, -0.05) is 133 Å². The van der Waals surface area contributed by atoms with Gasteiger partial charge in [-0.3, -0.25) is 0 Å². The van der Waals surface area contributed by atoms with Gasteiger partial charge in [-0.15, -0.1) is 0 Å². The van der Waals surface area contributed by atoms with Crippen LogP contribution in [0.3, 0.4) is 0 Å². The molecule has 1 atom stereocenters. The molecule has 0 saturated carbocycles. The van der Waals surface area contributed by atoms with E-state index in [9.17, 15) is 0 Å². The number of nitrogens with one attached hydrogen (secondary N) is 1. The topological polar surface area (TPSA) is 62.8 Å². The summed E-state index contributed by atoms with van der Waals surface area (Å²) in [5, 5.41) is 3.50. The standard InChI is InChI=1S/C40H28N4O/c1-4-10-27(11-5-1)28-16-20-31(21-17-28)38-42-37(30-12-6-2-7-13-30)43-39(44-38)32-22-18-29(19-23-32)34-24-25-36-35(26-34)41-40(45-36)33-14-8-3-9-15-33/h1-26,39H,(H,42,43,44). The molecule has 1 unspecified atom stereocenters. The van der Waals surface area contributed by atoms with Crippen molar-refractivity contribution in [3.63, 3.8) is 0 Å². The molecule has 0 radical (unpaired) electrons. The summed E-state index contributed by atoms with van der Waals surface area (Å²) in [5.74, 6) is 2.22. The number of benzene rings is 6. The molecule has 5 heteroatoms. The maximum Gasteiger partial charge on any atom is 0.227 e. The van der Waals surface area contributed by atoms with Crippen LogP contribution in [0.5, 0.6) is 0 Å². The maximum absolute atomic E-state index is 6.02. The van der Waals surface area contributed by atoms with E-state index in [0.29, 0.717) is 5.89 Å². The lowest BCUT2D eigenvalue weighted by molar-refractivity contribution is 0.620. The van der Waals surface area contributed by atoms with Crippen LogP contribution >= 0.6 is 0 Å². The highest BCUT2D eigenvalue weighted by atomic mass is 16.3. The first-order valence-electron chi connectivity index (χ1n) is 15.0. The molecule has 6 aromatic carbocycles. The normalized spacial score (nSPS) is 14.4. The molecule has 5 nitrogen and oxygen atoms in total. The van der Waals surface area contributed by atoms with E-state index < -0.39 is 0 Å². The Kier molecular flexibility index (Phi) is 6.81. The van der Waals surface area contributed by atoms with Gasteiger partial charge in [-0.2, -0.15) is 0 Å². The molecule has 0 bridgehead atoms. The molecule has 0 saturated heterocycles. The van der Waals surface area contributed by atoms with Crippen LogP contribution in [0.15, 0.2) is 172 Å². The van der Waals surface area contributed by atoms with Gasteiger partial charge in [0.05, 0.1) is 0 Å². The minimum atomic E-state index is -0.384. The van der Waals surface area contributed by atoms with Crippen molar-refractivity contribution in [1.29, 1.82) is 0 Å². The van der Waals surface area contributed by atoms with Crippen molar-refractivity contribution in [2.45, 2.75) is 6.17 Å². The predicted molar refractivity (Wildman–Crippen MR) is 182 cm³/mol. The Balaban J connectivity index is 1.10. The smallest absolute Gasteiger partial charge is 0.227 e. The van der Waals surface area contributed by atoms with Crippen LogP contribution in [-0.4, -0.2) is 16.7 Å². The predicted octanol–water partition coefficient (Wildman–Crippen LogP) is 9.32. The monoisotopic (exact) mass is 580 g/mol. The van der Waals surface area contributed by atoms with Crippen LogP contribution in [0.25, 0.3) is 44.8 Å². The average Bonchev–Trinajstić information content (AvgIpc) is 3.57. The van der Waals surface area contributed by atoms with Gasteiger partial charge in [0.2, 0.25) is 5.89 Å². The fraction of sp³-hybridized carbons (Fsp3) is 0.0250. The van der Waals surface area contributed by atoms with E-state index >= 15 is 0 Å². The van der Waals surface area contributed by atoms with Crippen molar-refractivity contribution in [1.82, 2.24) is 10.3 Å². The summed E-state index contributed by atoms with van der Waals surface area (Å²) < 4.78 is 6.02. The molecular formula is C40H28N4O. The summed E-state index contributed by atoms with van der Waals surface area (Å²) in [6.07, 6.45) is -0.384. The Hall–Kier alpha value is -6.07. The Morgan fingerprint density at radius 1 is 0.444 bits per heavy atom. The average molecular weight is 581 g/mol. The quantitative estimate of drug-likeness (QED) is 0.213. The first-order chi connectivity index (χ1) is 22.3. The van der Waals surface area contributed by atoms with Gasteiger partial charge in [0.25, 0.3) is 0 Å². The molecule has 1 aliphatic rings. The number of hydrogen-bond donors (Lipinski definition) is 1. The number of aromatic nitrogens is 1. The van der Waals surface area contributed by atoms with E-state index in [4.69, 9.17) is 19.4 Å². The van der Waals surface area contributed by atoms with Crippen LogP contribution in [-0.2, 0) is 0 Å². The number of oxazole rings is 1. The summed E-state index contributed by atoms with van der Waals surface area (Å²) in [6, 6.07) is 53.7. The van der Waals surface area contributed by atoms with Gasteiger partial charge in [0.1, 0.15) is 17.2 Å². The Labute approximate surface area is 261 Å². The molecule has 8 rings (SSSR count). The van der Waals surface area contributed by atoms with Crippen molar-refractivity contribution >= 4 is 22.8 Å². The Bertz CT molecular complexity index is 2150. The summed E-state index contributed by atoms with van der Waals surface area (Å²) >= 11 is 0. The molecule has 2 heterocycles. The lowest BCUT2D eigenvalue weighted by Crippen LogP contribution is -2.36. The second kappa shape index (κ2) is 11.5. The van der Waals surface area contributed by atoms with E-state index in [-0.39, 0.29) is 6.17 Å². The molecule has 214 valence electrons. The number of nitrogens with zero attached hydrogens (tertiary/aromatic N) is 3. The number of rotatable bonds is 6. The second-order valence-corrected chi connectivity index (χ2v) is 11.0. The summed E-state index contributed by atoms with van der Waals surface area (Å²) in [6.45, 7) is 0. The van der Waals surface area contributed by atoms with Crippen molar-refractivity contribution in [3.05, 3.63) is 174 Å². The van der Waals surface area contributed by atoms with Gasteiger partial charge in [-0.25, -0.2) is 15.0 Å². The number of hydrogen-bond acceptors (Lipinski definition) is 5. The molecule has 0 amide bonds. The molecule has 1 aromatic heterocycles. The molecular weight excluding hydrogens is 552 g/mol. The van der Waals surface area contributed by atoms with Crippen molar-refractivity contribution in [2.24, 2.45) is 9.98 Å². The molecule has 0 spiro atoms. The first kappa shape index (κ1) is 26.5. The zero-order valence-corrected chi connectivity index (χ0v) is 24.3. The third kappa shape index (κ3) is 5.43. The number of amidine groups is 2. The first-order valence-corrected chi connectivity index (χ1v) is 15.0. The lowest BCUT2D eigenvalue weighted by atomic mass is 10.0. The summed E-state index contributed by atoms with van der Waals surface area (Å²) in [7, 11) is 0. The SMILES string of the molecule is c1ccc(C2=NC(c3ccc(-c4ccc5oc(-c6ccccc6)nc5c4)cc3)N=C(c3ccc(-c4ccccc4)cc3)N2)cc1. The van der Waals surface area contributed by atoms with Crippen molar-refractivity contribution in [2.75, 3.05) is 0 Å². The molecule has 1 N–H and O–H groups in total. The van der Waals surface area contributed by atoms with Gasteiger partial charge in [0.15, 0.2) is 11.7 Å². The van der Waals surface area contributed by atoms with Crippen LogP contribution in [0.1, 0.15) is 22.9 Å². The Morgan fingerprint density at radius 2 is 0.911 bits per heavy atom. The second-order valence-electron chi connectivity index (χ2n) is 11.0. The largest absolute Gasteiger partial charge is 0.436 e. The van der Waals surface area contributed by atoms with Crippen molar-refractivity contribution < 1.29 is 4.42 Å². The lowest BCUT2D eigenvalue weighted by Gasteiger charge is -2.22. The third-order valence-corrected chi connectivity index (χ3v) is 8.00. The highest BCUT2D eigenvalue weighted by Crippen LogP contribution is 2.31. The van der Waals surface area contributed by atoms with Crippen LogP contribution in [0.4, 0.5) is 0 Å². The molecule has 1 aliphatic heterocycles. The third-order valence-electron chi connectivity index (χ3n) is 8.00. The molecule has 0 fully saturated rings. The van der Waals surface area contributed by atoms with Crippen LogP contribution in [0.2, 0.25) is 0 Å². The van der Waals surface area contributed by atoms with E-state index in [2.05, 4.69) is 102 Å². The van der Waals surface area contributed by atoms with Gasteiger partial charge in [-0.05, 0) is 52.1 Å². The Morgan fingerprint density at radius 3 is 1.56 bits per heavy atom. The zero-order chi connectivity index (χ0) is 30.0. The number of aliphatic imine (C=N–C) groups is 2. The van der Waals surface area contributed by atoms with E-state index in [1.807, 2.05) is 60.7 Å². The van der Waals surface area contributed by atoms with Gasteiger partial charge in [0, 0.05) is 16.7 Å². The van der Waals surface area contributed by atoms with Crippen LogP contribution in [0, 0.1) is 0 Å². The van der Waals surface area contributed by atoms with Gasteiger partial charge < -0.3 is 9.73 Å². The summed E-state index contributed by atoms with van der Waals surface area (Å²) in [5.41, 5.74) is 10.1. The fourth-order valence-corrected chi connectivity index (χ4v) is 5.60. The minimum absolute atomic E-state index is 0.384. The minimum Gasteiger partial charge on any atom is -0.436 e. The highest BCUT2D eigenvalue weighted by Gasteiger charge is 2.21. The molecule has 7 aromatic rings. The zero-order valence-electron chi connectivity index (χ0n) is 24.3. The molecule has 45 heavy (non-hydrogen) atoms. The fourth-order valence-electron chi connectivity index (χ4n) is 5.60. The maximum atomic E-state index is 6.02. The summed E-state index contributed by atoms with van der Waals surface area (Å²) in [4.78, 5) is 14.9. The van der Waals surface area contributed by atoms with Crippen LogP contribution < -0.4 is 5.32 Å². The van der Waals surface area contributed by atoms with E-state index in [1.165, 1.54) is 11.1 Å².